The second-order valence-corrected chi connectivity index (χ2v) is 9.73. The number of rotatable bonds is 4. The molecule has 2 heterocycles. The van der Waals surface area contributed by atoms with E-state index in [0.717, 1.165) is 9.80 Å². The molecule has 1 spiro atoms. The fraction of sp³-hybridized carbons (Fsp3) is 0.762. The molecular formula is C21H29F4N3O4. The molecule has 11 heteroatoms. The Morgan fingerprint density at radius 2 is 1.69 bits per heavy atom. The Kier molecular flexibility index (Phi) is 6.50. The molecule has 0 N–H and O–H groups in total. The number of alkyl halides is 1. The maximum atomic E-state index is 14.1. The average Bonchev–Trinajstić information content (AvgIpc) is 3.35. The summed E-state index contributed by atoms with van der Waals surface area (Å²) in [6.07, 6.45) is -4.00. The quantitative estimate of drug-likeness (QED) is 0.363. The maximum absolute atomic E-state index is 14.1. The van der Waals surface area contributed by atoms with E-state index < -0.39 is 59.2 Å². The van der Waals surface area contributed by atoms with Crippen LogP contribution >= 0.6 is 0 Å². The number of ether oxygens (including phenoxy) is 1. The number of ketones is 1. The van der Waals surface area contributed by atoms with Gasteiger partial charge in [-0.3, -0.25) is 14.5 Å². The van der Waals surface area contributed by atoms with Gasteiger partial charge in [-0.05, 0) is 40.0 Å². The molecular weight excluding hydrogens is 434 g/mol. The largest absolute Gasteiger partial charge is 0.444 e. The molecule has 0 aromatic heterocycles. The lowest BCUT2D eigenvalue weighted by Gasteiger charge is -2.47. The minimum atomic E-state index is -2.42. The smallest absolute Gasteiger partial charge is 0.411 e. The van der Waals surface area contributed by atoms with Crippen LogP contribution in [0.2, 0.25) is 0 Å². The highest BCUT2D eigenvalue weighted by molar-refractivity contribution is 6.38. The van der Waals surface area contributed by atoms with Crippen molar-refractivity contribution in [2.24, 2.45) is 0 Å². The fourth-order valence-electron chi connectivity index (χ4n) is 4.42. The van der Waals surface area contributed by atoms with Gasteiger partial charge in [0, 0.05) is 25.6 Å². The molecule has 32 heavy (non-hydrogen) atoms. The van der Waals surface area contributed by atoms with E-state index in [4.69, 9.17) is 4.74 Å². The van der Waals surface area contributed by atoms with Gasteiger partial charge in [-0.15, -0.1) is 0 Å². The van der Waals surface area contributed by atoms with Crippen molar-refractivity contribution < 1.29 is 36.7 Å². The zero-order valence-electron chi connectivity index (χ0n) is 18.7. The number of hydrogen-bond acceptors (Lipinski definition) is 5. The number of Topliss-reactive ketones (excluding diaryl/α,β-unsaturated/α-hetero) is 1. The molecule has 0 bridgehead atoms. The second kappa shape index (κ2) is 8.55. The highest BCUT2D eigenvalue weighted by atomic mass is 19.3. The summed E-state index contributed by atoms with van der Waals surface area (Å²) in [6.45, 7) is 5.96. The molecule has 0 radical (unpaired) electrons. The molecule has 3 fully saturated rings. The number of hydrogen-bond donors (Lipinski definition) is 0. The van der Waals surface area contributed by atoms with E-state index >= 15 is 0 Å². The van der Waals surface area contributed by atoms with Crippen LogP contribution in [0, 0.1) is 0 Å². The van der Waals surface area contributed by atoms with Crippen LogP contribution in [-0.4, -0.2) is 81.5 Å². The molecule has 2 saturated heterocycles. The van der Waals surface area contributed by atoms with Crippen LogP contribution in [0.3, 0.4) is 0 Å². The van der Waals surface area contributed by atoms with Crippen LogP contribution < -0.4 is 0 Å². The first kappa shape index (κ1) is 24.3. The Labute approximate surface area is 184 Å². The lowest BCUT2D eigenvalue weighted by molar-refractivity contribution is -0.151. The van der Waals surface area contributed by atoms with Crippen LogP contribution in [0.4, 0.5) is 22.4 Å². The summed E-state index contributed by atoms with van der Waals surface area (Å²) < 4.78 is 59.3. The number of likely N-dealkylation sites (tertiary alicyclic amines) is 1. The number of piperazine rings is 1. The Morgan fingerprint density at radius 3 is 2.19 bits per heavy atom. The van der Waals surface area contributed by atoms with Crippen molar-refractivity contribution in [1.29, 1.82) is 0 Å². The van der Waals surface area contributed by atoms with Gasteiger partial charge in [-0.2, -0.15) is 13.2 Å². The predicted octanol–water partition coefficient (Wildman–Crippen LogP) is 3.39. The van der Waals surface area contributed by atoms with Gasteiger partial charge in [0.2, 0.25) is 5.78 Å². The van der Waals surface area contributed by atoms with Crippen LogP contribution in [0.1, 0.15) is 53.4 Å². The van der Waals surface area contributed by atoms with Crippen molar-refractivity contribution in [2.45, 2.75) is 82.8 Å². The third-order valence-electron chi connectivity index (χ3n) is 6.22. The summed E-state index contributed by atoms with van der Waals surface area (Å²) in [7, 11) is 0. The standard InChI is InChI=1S/C21H29F4N3O4/c1-5-13-10-28(17(25)16(23)24)21(6-7-21)11-27(13)18(30)15(29)14-8-12(22)9-26(14)19(31)32-20(2,3)4/h12-14H,5-11H2,1-4H3/t12-,13-,14+/m1/s1. The molecule has 0 aromatic rings. The Hall–Kier alpha value is -2.33. The van der Waals surface area contributed by atoms with E-state index in [9.17, 15) is 31.9 Å². The van der Waals surface area contributed by atoms with E-state index in [1.165, 1.54) is 4.90 Å². The van der Waals surface area contributed by atoms with E-state index in [1.807, 2.05) is 0 Å². The summed E-state index contributed by atoms with van der Waals surface area (Å²) >= 11 is 0. The molecule has 0 unspecified atom stereocenters. The van der Waals surface area contributed by atoms with Gasteiger partial charge in [0.15, 0.2) is 0 Å². The molecule has 180 valence electrons. The molecule has 7 nitrogen and oxygen atoms in total. The van der Waals surface area contributed by atoms with E-state index in [2.05, 4.69) is 0 Å². The summed E-state index contributed by atoms with van der Waals surface area (Å²) in [6, 6.07) is -1.99. The normalized spacial score (nSPS) is 26.9. The van der Waals surface area contributed by atoms with Crippen LogP contribution in [0.25, 0.3) is 0 Å². The first-order valence-corrected chi connectivity index (χ1v) is 10.8. The third-order valence-corrected chi connectivity index (χ3v) is 6.22. The fourth-order valence-corrected chi connectivity index (χ4v) is 4.42. The van der Waals surface area contributed by atoms with Crippen molar-refractivity contribution in [3.8, 4) is 0 Å². The first-order valence-electron chi connectivity index (χ1n) is 10.8. The van der Waals surface area contributed by atoms with Gasteiger partial charge in [0.1, 0.15) is 17.8 Å². The number of nitrogens with zero attached hydrogens (tertiary/aromatic N) is 3. The van der Waals surface area contributed by atoms with Crippen molar-refractivity contribution in [3.63, 3.8) is 0 Å². The van der Waals surface area contributed by atoms with E-state index in [1.54, 1.807) is 27.7 Å². The summed E-state index contributed by atoms with van der Waals surface area (Å²) in [4.78, 5) is 41.9. The van der Waals surface area contributed by atoms with Crippen molar-refractivity contribution in [2.75, 3.05) is 19.6 Å². The topological polar surface area (TPSA) is 70.2 Å². The average molecular weight is 463 g/mol. The first-order chi connectivity index (χ1) is 14.8. The predicted molar refractivity (Wildman–Crippen MR) is 106 cm³/mol. The minimum Gasteiger partial charge on any atom is -0.444 e. The minimum absolute atomic E-state index is 0.0883. The summed E-state index contributed by atoms with van der Waals surface area (Å²) in [5.41, 5.74) is -1.84. The van der Waals surface area contributed by atoms with Crippen molar-refractivity contribution in [1.82, 2.24) is 14.7 Å². The van der Waals surface area contributed by atoms with E-state index in [0.29, 0.717) is 19.3 Å². The van der Waals surface area contributed by atoms with Crippen molar-refractivity contribution >= 4 is 17.8 Å². The second-order valence-electron chi connectivity index (χ2n) is 9.73. The number of amides is 2. The monoisotopic (exact) mass is 463 g/mol. The lowest BCUT2D eigenvalue weighted by Crippen LogP contribution is -2.62. The van der Waals surface area contributed by atoms with E-state index in [-0.39, 0.29) is 26.1 Å². The number of carbonyl (C=O) groups excluding carboxylic acids is 3. The van der Waals surface area contributed by atoms with Gasteiger partial charge in [-0.1, -0.05) is 6.92 Å². The molecule has 3 aliphatic rings. The zero-order chi connectivity index (χ0) is 24.0. The summed E-state index contributed by atoms with van der Waals surface area (Å²) in [5, 5.41) is 0. The Balaban J connectivity index is 1.79. The molecule has 3 rings (SSSR count). The molecule has 0 aromatic carbocycles. The van der Waals surface area contributed by atoms with Crippen molar-refractivity contribution in [3.05, 3.63) is 12.0 Å². The lowest BCUT2D eigenvalue weighted by atomic mass is 10.00. The molecule has 1 aliphatic carbocycles. The van der Waals surface area contributed by atoms with Gasteiger partial charge >= 0.3 is 12.2 Å². The van der Waals surface area contributed by atoms with Gasteiger partial charge < -0.3 is 14.5 Å². The van der Waals surface area contributed by atoms with Crippen LogP contribution in [-0.2, 0) is 14.3 Å². The Bertz CT molecular complexity index is 820. The number of halogens is 4. The molecule has 1 saturated carbocycles. The zero-order valence-corrected chi connectivity index (χ0v) is 18.7. The third kappa shape index (κ3) is 4.71. The molecule has 2 amide bonds. The van der Waals surface area contributed by atoms with Crippen LogP contribution in [0.15, 0.2) is 12.0 Å². The molecule has 3 atom stereocenters. The highest BCUT2D eigenvalue weighted by Crippen LogP contribution is 2.48. The summed E-state index contributed by atoms with van der Waals surface area (Å²) in [5.74, 6) is -3.47. The highest BCUT2D eigenvalue weighted by Gasteiger charge is 2.57. The Morgan fingerprint density at radius 1 is 1.06 bits per heavy atom. The maximum Gasteiger partial charge on any atom is 0.411 e. The van der Waals surface area contributed by atoms with Gasteiger partial charge in [0.05, 0.1) is 12.1 Å². The van der Waals surface area contributed by atoms with Crippen LogP contribution in [0.5, 0.6) is 0 Å². The number of carbonyl (C=O) groups is 3. The van der Waals surface area contributed by atoms with Gasteiger partial charge in [0.25, 0.3) is 11.9 Å². The SMILES string of the molecule is CC[C@@H]1CN(C(F)=C(F)F)C2(CC2)CN1C(=O)C(=O)[C@@H]1C[C@@H](F)CN1C(=O)OC(C)(C)C. The van der Waals surface area contributed by atoms with Gasteiger partial charge in [-0.25, -0.2) is 9.18 Å². The molecule has 2 aliphatic heterocycles.